The summed E-state index contributed by atoms with van der Waals surface area (Å²) in [6, 6.07) is 19.5. The molecule has 0 atom stereocenters. The van der Waals surface area contributed by atoms with Crippen molar-refractivity contribution in [3.05, 3.63) is 89.4 Å². The molecule has 0 aliphatic rings. The van der Waals surface area contributed by atoms with Crippen LogP contribution in [0.1, 0.15) is 21.6 Å². The lowest BCUT2D eigenvalue weighted by atomic mass is 10.1. The average molecular weight is 480 g/mol. The van der Waals surface area contributed by atoms with Crippen LogP contribution in [0.5, 0.6) is 0 Å². The van der Waals surface area contributed by atoms with E-state index in [9.17, 15) is 19.2 Å². The molecule has 4 N–H and O–H groups in total. The van der Waals surface area contributed by atoms with E-state index in [2.05, 4.69) is 36.2 Å². The molecular weight excluding hydrogens is 463 g/mol. The third kappa shape index (κ3) is 4.64. The Hall–Kier alpha value is -5.37. The molecule has 0 aliphatic carbocycles. The van der Waals surface area contributed by atoms with Crippen LogP contribution in [0.15, 0.2) is 66.7 Å². The van der Waals surface area contributed by atoms with Gasteiger partial charge < -0.3 is 15.6 Å². The molecule has 2 heterocycles. The van der Waals surface area contributed by atoms with Crippen LogP contribution in [-0.4, -0.2) is 37.4 Å². The molecule has 0 saturated carbocycles. The number of amides is 2. The number of anilines is 2. The zero-order valence-electron chi connectivity index (χ0n) is 18.5. The second kappa shape index (κ2) is 9.47. The van der Waals surface area contributed by atoms with Gasteiger partial charge >= 0.3 is 0 Å². The number of hydrogen-bond acceptors (Lipinski definition) is 6. The number of nitrogens with zero attached hydrogens (tertiary/aromatic N) is 4. The molecule has 2 amide bonds. The number of fused-ring (bicyclic) bond motifs is 1. The number of tetrazole rings is 1. The number of benzene rings is 3. The number of para-hydroxylation sites is 1. The Bertz CT molecular complexity index is 1640. The Morgan fingerprint density at radius 3 is 2.64 bits per heavy atom. The van der Waals surface area contributed by atoms with Gasteiger partial charge in [0.25, 0.3) is 5.91 Å². The number of carbonyl (C=O) groups is 2. The summed E-state index contributed by atoms with van der Waals surface area (Å²) >= 11 is 0. The Morgan fingerprint density at radius 1 is 1.00 bits per heavy atom. The highest BCUT2D eigenvalue weighted by molar-refractivity contribution is 6.09. The number of aromatic amines is 2. The average Bonchev–Trinajstić information content (AvgIpc) is 3.55. The summed E-state index contributed by atoms with van der Waals surface area (Å²) in [6.07, 6.45) is -0.000247. The fraction of sp³-hybridized carbons (Fsp3) is 0.0400. The zero-order valence-corrected chi connectivity index (χ0v) is 18.5. The molecule has 3 aromatic carbocycles. The number of nitriles is 1. The lowest BCUT2D eigenvalue weighted by Crippen LogP contribution is -2.15. The molecular formula is C25H17FN8O2. The quantitative estimate of drug-likeness (QED) is 0.290. The normalized spacial score (nSPS) is 10.7. The minimum Gasteiger partial charge on any atom is -0.349 e. The number of halogens is 1. The van der Waals surface area contributed by atoms with Crippen molar-refractivity contribution in [1.82, 2.24) is 25.6 Å². The first-order valence-corrected chi connectivity index (χ1v) is 10.8. The van der Waals surface area contributed by atoms with Gasteiger partial charge in [-0.15, -0.1) is 10.2 Å². The molecule has 0 saturated heterocycles. The van der Waals surface area contributed by atoms with Crippen LogP contribution in [0.25, 0.3) is 22.3 Å². The Kier molecular flexibility index (Phi) is 5.90. The second-order valence-electron chi connectivity index (χ2n) is 7.87. The first kappa shape index (κ1) is 22.4. The Balaban J connectivity index is 1.38. The van der Waals surface area contributed by atoms with Crippen molar-refractivity contribution in [2.24, 2.45) is 0 Å². The highest BCUT2D eigenvalue weighted by Gasteiger charge is 2.17. The third-order valence-electron chi connectivity index (χ3n) is 5.41. The summed E-state index contributed by atoms with van der Waals surface area (Å²) in [7, 11) is 0. The van der Waals surface area contributed by atoms with Gasteiger partial charge in [0.05, 0.1) is 34.9 Å². The van der Waals surface area contributed by atoms with Crippen molar-refractivity contribution in [2.75, 3.05) is 10.6 Å². The fourth-order valence-corrected chi connectivity index (χ4v) is 3.78. The molecule has 2 aromatic heterocycles. The van der Waals surface area contributed by atoms with Crippen LogP contribution in [0.3, 0.4) is 0 Å². The monoisotopic (exact) mass is 480 g/mol. The van der Waals surface area contributed by atoms with Crippen LogP contribution >= 0.6 is 0 Å². The van der Waals surface area contributed by atoms with Gasteiger partial charge in [0, 0.05) is 10.9 Å². The Morgan fingerprint density at radius 2 is 1.86 bits per heavy atom. The minimum atomic E-state index is -0.447. The van der Waals surface area contributed by atoms with Crippen molar-refractivity contribution < 1.29 is 14.0 Å². The molecule has 0 fully saturated rings. The van der Waals surface area contributed by atoms with Crippen LogP contribution in [-0.2, 0) is 11.2 Å². The molecule has 10 nitrogen and oxygen atoms in total. The maximum absolute atomic E-state index is 13.4. The second-order valence-corrected chi connectivity index (χ2v) is 7.87. The summed E-state index contributed by atoms with van der Waals surface area (Å²) in [5, 5.41) is 29.3. The van der Waals surface area contributed by atoms with Gasteiger partial charge in [-0.05, 0) is 53.2 Å². The van der Waals surface area contributed by atoms with Crippen molar-refractivity contribution in [3.8, 4) is 17.5 Å². The first-order valence-electron chi connectivity index (χ1n) is 10.8. The number of rotatable bonds is 6. The predicted octanol–water partition coefficient (Wildman–Crippen LogP) is 3.79. The molecule has 11 heteroatoms. The first-order chi connectivity index (χ1) is 17.5. The highest BCUT2D eigenvalue weighted by Crippen LogP contribution is 2.28. The maximum Gasteiger partial charge on any atom is 0.272 e. The maximum atomic E-state index is 13.4. The summed E-state index contributed by atoms with van der Waals surface area (Å²) in [5.74, 6) is -0.955. The molecule has 0 aliphatic heterocycles. The number of carbonyl (C=O) groups excluding carboxylic acids is 2. The number of aromatic nitrogens is 5. The van der Waals surface area contributed by atoms with E-state index < -0.39 is 11.7 Å². The van der Waals surface area contributed by atoms with Crippen LogP contribution in [0.2, 0.25) is 0 Å². The van der Waals surface area contributed by atoms with Gasteiger partial charge in [-0.2, -0.15) is 10.5 Å². The SMILES string of the molecule is N#Cc1ccc(NC(=O)c2cc3cccc(NC(=O)Cc4cccc(F)c4)c3[nH]2)c(-c2nn[nH]n2)c1. The predicted molar refractivity (Wildman–Crippen MR) is 129 cm³/mol. The summed E-state index contributed by atoms with van der Waals surface area (Å²) < 4.78 is 13.4. The van der Waals surface area contributed by atoms with Gasteiger partial charge in [0.2, 0.25) is 11.7 Å². The third-order valence-corrected chi connectivity index (χ3v) is 5.41. The zero-order chi connectivity index (χ0) is 25.1. The van der Waals surface area contributed by atoms with E-state index in [1.54, 1.807) is 54.6 Å². The largest absolute Gasteiger partial charge is 0.349 e. The highest BCUT2D eigenvalue weighted by atomic mass is 19.1. The van der Waals surface area contributed by atoms with E-state index in [1.165, 1.54) is 12.1 Å². The van der Waals surface area contributed by atoms with E-state index >= 15 is 0 Å². The molecule has 0 unspecified atom stereocenters. The van der Waals surface area contributed by atoms with Crippen molar-refractivity contribution >= 4 is 34.1 Å². The van der Waals surface area contributed by atoms with Crippen molar-refractivity contribution in [1.29, 1.82) is 5.26 Å². The Labute approximate surface area is 203 Å². The molecule has 5 rings (SSSR count). The summed E-state index contributed by atoms with van der Waals surface area (Å²) in [4.78, 5) is 28.7. The van der Waals surface area contributed by atoms with Crippen molar-refractivity contribution in [2.45, 2.75) is 6.42 Å². The van der Waals surface area contributed by atoms with Gasteiger partial charge in [0.15, 0.2) is 0 Å². The molecule has 0 spiro atoms. The van der Waals surface area contributed by atoms with Crippen LogP contribution < -0.4 is 10.6 Å². The number of H-pyrrole nitrogens is 2. The number of nitrogens with one attached hydrogen (secondary N) is 4. The standard InChI is InChI=1S/C25H17FN8O2/c26-17-5-1-3-14(9-17)11-22(35)28-20-6-2-4-16-12-21(29-23(16)20)25(36)30-19-8-7-15(13-27)10-18(19)24-31-33-34-32-24/h1-10,12,29H,11H2,(H,28,35)(H,30,36)(H,31,32,33,34). The van der Waals surface area contributed by atoms with E-state index in [-0.39, 0.29) is 23.8 Å². The molecule has 0 radical (unpaired) electrons. The fourth-order valence-electron chi connectivity index (χ4n) is 3.78. The summed E-state index contributed by atoms with van der Waals surface area (Å²) in [5.41, 5.74) is 3.04. The molecule has 176 valence electrons. The number of hydrogen-bond donors (Lipinski definition) is 4. The topological polar surface area (TPSA) is 152 Å². The lowest BCUT2D eigenvalue weighted by Gasteiger charge is -2.09. The molecule has 36 heavy (non-hydrogen) atoms. The van der Waals surface area contributed by atoms with E-state index in [1.807, 2.05) is 6.07 Å². The minimum absolute atomic E-state index is 0.000247. The van der Waals surface area contributed by atoms with E-state index in [4.69, 9.17) is 0 Å². The van der Waals surface area contributed by atoms with Gasteiger partial charge in [0.1, 0.15) is 11.5 Å². The van der Waals surface area contributed by atoms with Crippen LogP contribution in [0, 0.1) is 17.1 Å². The van der Waals surface area contributed by atoms with Gasteiger partial charge in [-0.1, -0.05) is 24.3 Å². The van der Waals surface area contributed by atoms with E-state index in [0.29, 0.717) is 39.0 Å². The van der Waals surface area contributed by atoms with Gasteiger partial charge in [-0.25, -0.2) is 4.39 Å². The molecule has 0 bridgehead atoms. The van der Waals surface area contributed by atoms with Gasteiger partial charge in [-0.3, -0.25) is 9.59 Å². The van der Waals surface area contributed by atoms with Crippen molar-refractivity contribution in [3.63, 3.8) is 0 Å². The van der Waals surface area contributed by atoms with E-state index in [0.717, 1.165) is 0 Å². The lowest BCUT2D eigenvalue weighted by molar-refractivity contribution is -0.115. The summed E-state index contributed by atoms with van der Waals surface area (Å²) in [6.45, 7) is 0. The molecule has 5 aromatic rings. The van der Waals surface area contributed by atoms with Crippen LogP contribution in [0.4, 0.5) is 15.8 Å². The smallest absolute Gasteiger partial charge is 0.272 e.